The van der Waals surface area contributed by atoms with Gasteiger partial charge in [-0.3, -0.25) is 0 Å². The Morgan fingerprint density at radius 3 is 1.26 bits per heavy atom. The lowest BCUT2D eigenvalue weighted by Crippen LogP contribution is -2.53. The van der Waals surface area contributed by atoms with Crippen LogP contribution in [0.25, 0.3) is 0 Å². The lowest BCUT2D eigenvalue weighted by atomic mass is 10.0. The van der Waals surface area contributed by atoms with Crippen molar-refractivity contribution in [2.24, 2.45) is 0 Å². The lowest BCUT2D eigenvalue weighted by molar-refractivity contribution is -0.163. The minimum atomic E-state index is -1.93. The van der Waals surface area contributed by atoms with Crippen LogP contribution in [0.5, 0.6) is 0 Å². The molecule has 0 unspecified atom stereocenters. The molecule has 0 heterocycles. The number of hydrogen-bond donors (Lipinski definition) is 0. The maximum absolute atomic E-state index is 13.4. The zero-order valence-corrected chi connectivity index (χ0v) is 26.1. The number of hydrogen-bond acceptors (Lipinski definition) is 10. The van der Waals surface area contributed by atoms with Crippen LogP contribution >= 0.6 is 15.9 Å². The molecule has 0 saturated heterocycles. The second kappa shape index (κ2) is 16.7. The number of rotatable bonds is 13. The fourth-order valence-electron chi connectivity index (χ4n) is 4.21. The molecule has 0 amide bonds. The standard InChI is InChI=1S/C35H29BrO10/c1-42-35(41)30(46-34(40)26-20-12-5-13-21-26)29(45-33(39)25-18-10-4-11-19-25)28(44-32(38)24-16-8-3-9-17-24)27(36)22-43-31(37)23-14-6-2-7-15-23/h2-21,27-30H,22H2,1H3/t27-,28+,29-,30+/m0/s1. The molecule has 10 nitrogen and oxygen atoms in total. The molecule has 4 atom stereocenters. The predicted octanol–water partition coefficient (Wildman–Crippen LogP) is 5.46. The third kappa shape index (κ3) is 9.12. The van der Waals surface area contributed by atoms with Gasteiger partial charge in [0.25, 0.3) is 0 Å². The Morgan fingerprint density at radius 1 is 0.522 bits per heavy atom. The molecular weight excluding hydrogens is 660 g/mol. The molecule has 11 heteroatoms. The van der Waals surface area contributed by atoms with Crippen molar-refractivity contribution in [2.45, 2.75) is 23.1 Å². The SMILES string of the molecule is COC(=O)[C@H](OC(=O)c1ccccc1)[C@@H](OC(=O)c1ccccc1)[C@H](OC(=O)c1ccccc1)[C@@H](Br)COC(=O)c1ccccc1. The van der Waals surface area contributed by atoms with Crippen LogP contribution in [0.15, 0.2) is 121 Å². The van der Waals surface area contributed by atoms with Gasteiger partial charge >= 0.3 is 29.8 Å². The van der Waals surface area contributed by atoms with Crippen molar-refractivity contribution in [3.63, 3.8) is 0 Å². The minimum Gasteiger partial charge on any atom is -0.466 e. The number of ether oxygens (including phenoxy) is 5. The molecule has 236 valence electrons. The molecule has 4 aromatic carbocycles. The Labute approximate surface area is 273 Å². The second-order valence-corrected chi connectivity index (χ2v) is 10.8. The van der Waals surface area contributed by atoms with E-state index in [1.54, 1.807) is 84.9 Å². The molecule has 0 aliphatic carbocycles. The largest absolute Gasteiger partial charge is 0.466 e. The predicted molar refractivity (Wildman–Crippen MR) is 168 cm³/mol. The van der Waals surface area contributed by atoms with Crippen molar-refractivity contribution in [3.8, 4) is 0 Å². The molecule has 0 radical (unpaired) electrons. The molecule has 0 spiro atoms. The third-order valence-electron chi connectivity index (χ3n) is 6.54. The Balaban J connectivity index is 1.74. The van der Waals surface area contributed by atoms with Crippen molar-refractivity contribution in [2.75, 3.05) is 13.7 Å². The zero-order chi connectivity index (χ0) is 32.9. The normalized spacial score (nSPS) is 13.2. The summed E-state index contributed by atoms with van der Waals surface area (Å²) in [6.45, 7) is -0.416. The molecule has 0 aliphatic rings. The van der Waals surface area contributed by atoms with Crippen LogP contribution in [0.4, 0.5) is 0 Å². The number of halogens is 1. The van der Waals surface area contributed by atoms with E-state index in [9.17, 15) is 24.0 Å². The molecule has 0 saturated carbocycles. The Hall–Kier alpha value is -5.29. The van der Waals surface area contributed by atoms with E-state index in [0.717, 1.165) is 7.11 Å². The maximum atomic E-state index is 13.4. The van der Waals surface area contributed by atoms with Crippen LogP contribution in [-0.2, 0) is 28.5 Å². The molecule has 46 heavy (non-hydrogen) atoms. The highest BCUT2D eigenvalue weighted by Gasteiger charge is 2.47. The molecule has 0 bridgehead atoms. The van der Waals surface area contributed by atoms with Crippen molar-refractivity contribution in [1.82, 2.24) is 0 Å². The Morgan fingerprint density at radius 2 is 0.870 bits per heavy atom. The van der Waals surface area contributed by atoms with Gasteiger partial charge in [0.1, 0.15) is 6.61 Å². The summed E-state index contributed by atoms with van der Waals surface area (Å²) >= 11 is 3.41. The first-order chi connectivity index (χ1) is 22.3. The quantitative estimate of drug-likeness (QED) is 0.101. The van der Waals surface area contributed by atoms with Gasteiger partial charge in [-0.15, -0.1) is 0 Å². The van der Waals surface area contributed by atoms with Gasteiger partial charge in [0.15, 0.2) is 12.2 Å². The summed E-state index contributed by atoms with van der Waals surface area (Å²) in [6, 6.07) is 31.7. The molecular formula is C35H29BrO10. The van der Waals surface area contributed by atoms with Gasteiger partial charge in [-0.25, -0.2) is 24.0 Å². The van der Waals surface area contributed by atoms with Crippen molar-refractivity contribution in [1.29, 1.82) is 0 Å². The summed E-state index contributed by atoms with van der Waals surface area (Å²) in [4.78, 5) is 64.9. The molecule has 0 fully saturated rings. The molecule has 4 aromatic rings. The van der Waals surface area contributed by atoms with E-state index in [-0.39, 0.29) is 22.3 Å². The van der Waals surface area contributed by atoms with Gasteiger partial charge in [0.2, 0.25) is 6.10 Å². The molecule has 0 aliphatic heterocycles. The van der Waals surface area contributed by atoms with Crippen LogP contribution in [0.3, 0.4) is 0 Å². The lowest BCUT2D eigenvalue weighted by Gasteiger charge is -2.33. The van der Waals surface area contributed by atoms with Crippen LogP contribution in [-0.4, -0.2) is 66.7 Å². The summed E-state index contributed by atoms with van der Waals surface area (Å²) in [5.74, 6) is -4.50. The van der Waals surface area contributed by atoms with E-state index in [1.807, 2.05) is 0 Å². The monoisotopic (exact) mass is 688 g/mol. The van der Waals surface area contributed by atoms with Gasteiger partial charge in [0.05, 0.1) is 34.2 Å². The maximum Gasteiger partial charge on any atom is 0.351 e. The van der Waals surface area contributed by atoms with Crippen LogP contribution in [0.1, 0.15) is 41.4 Å². The number of carbonyl (C=O) groups excluding carboxylic acids is 5. The topological polar surface area (TPSA) is 132 Å². The smallest absolute Gasteiger partial charge is 0.351 e. The summed E-state index contributed by atoms with van der Waals surface area (Å²) < 4.78 is 27.7. The first-order valence-electron chi connectivity index (χ1n) is 14.0. The second-order valence-electron chi connectivity index (χ2n) is 9.67. The van der Waals surface area contributed by atoms with Crippen LogP contribution in [0, 0.1) is 0 Å². The summed E-state index contributed by atoms with van der Waals surface area (Å²) in [6.07, 6.45) is -5.29. The Kier molecular flexibility index (Phi) is 12.2. The first kappa shape index (κ1) is 33.6. The summed E-state index contributed by atoms with van der Waals surface area (Å²) in [7, 11) is 1.06. The first-order valence-corrected chi connectivity index (χ1v) is 14.9. The van der Waals surface area contributed by atoms with Gasteiger partial charge in [0, 0.05) is 0 Å². The number of carbonyl (C=O) groups is 5. The Bertz CT molecular complexity index is 1610. The number of methoxy groups -OCH3 is 1. The van der Waals surface area contributed by atoms with Crippen molar-refractivity contribution >= 4 is 45.8 Å². The third-order valence-corrected chi connectivity index (χ3v) is 7.33. The highest BCUT2D eigenvalue weighted by atomic mass is 79.9. The molecule has 0 N–H and O–H groups in total. The number of esters is 5. The fourth-order valence-corrected chi connectivity index (χ4v) is 4.75. The fraction of sp³-hybridized carbons (Fsp3) is 0.171. The molecule has 4 rings (SSSR count). The van der Waals surface area contributed by atoms with Crippen molar-refractivity contribution in [3.05, 3.63) is 144 Å². The van der Waals surface area contributed by atoms with E-state index in [1.165, 1.54) is 36.4 Å². The summed E-state index contributed by atoms with van der Waals surface area (Å²) in [5.41, 5.74) is 0.587. The van der Waals surface area contributed by atoms with Crippen LogP contribution in [0.2, 0.25) is 0 Å². The van der Waals surface area contributed by atoms with E-state index in [0.29, 0.717) is 0 Å². The number of benzene rings is 4. The van der Waals surface area contributed by atoms with Gasteiger partial charge in [-0.2, -0.15) is 0 Å². The van der Waals surface area contributed by atoms with E-state index < -0.39 is 59.6 Å². The highest BCUT2D eigenvalue weighted by molar-refractivity contribution is 9.09. The van der Waals surface area contributed by atoms with E-state index >= 15 is 0 Å². The van der Waals surface area contributed by atoms with Gasteiger partial charge in [-0.1, -0.05) is 88.7 Å². The van der Waals surface area contributed by atoms with Crippen LogP contribution < -0.4 is 0 Å². The van der Waals surface area contributed by atoms with Crippen molar-refractivity contribution < 1.29 is 47.7 Å². The average molecular weight is 690 g/mol. The minimum absolute atomic E-state index is 0.0922. The number of alkyl halides is 1. The average Bonchev–Trinajstić information content (AvgIpc) is 3.11. The van der Waals surface area contributed by atoms with E-state index in [4.69, 9.17) is 23.7 Å². The van der Waals surface area contributed by atoms with E-state index in [2.05, 4.69) is 15.9 Å². The highest BCUT2D eigenvalue weighted by Crippen LogP contribution is 2.26. The van der Waals surface area contributed by atoms with Gasteiger partial charge in [-0.05, 0) is 48.5 Å². The summed E-state index contributed by atoms with van der Waals surface area (Å²) in [5, 5.41) is 0. The zero-order valence-electron chi connectivity index (χ0n) is 24.5. The molecule has 0 aromatic heterocycles. The van der Waals surface area contributed by atoms with Gasteiger partial charge < -0.3 is 23.7 Å².